The number of aliphatic hydroxyl groups is 4. The lowest BCUT2D eigenvalue weighted by Gasteiger charge is -2.67. The monoisotopic (exact) mass is 544 g/mol. The van der Waals surface area contributed by atoms with Gasteiger partial charge < -0.3 is 34.6 Å². The Hall–Kier alpha value is -2.63. The molecule has 1 unspecified atom stereocenters. The van der Waals surface area contributed by atoms with Gasteiger partial charge in [-0.15, -0.1) is 0 Å². The highest BCUT2D eigenvalue weighted by Gasteiger charge is 2.77. The smallest absolute Gasteiger partial charge is 0.338 e. The van der Waals surface area contributed by atoms with Gasteiger partial charge in [-0.3, -0.25) is 9.59 Å². The first-order valence-corrected chi connectivity index (χ1v) is 13.2. The fourth-order valence-corrected chi connectivity index (χ4v) is 7.66. The molecule has 39 heavy (non-hydrogen) atoms. The number of Topliss-reactive ketones (excluding diaryl/α,β-unsaturated/α-hetero) is 1. The van der Waals surface area contributed by atoms with Crippen LogP contribution in [0.4, 0.5) is 0 Å². The summed E-state index contributed by atoms with van der Waals surface area (Å²) < 4.78 is 17.7. The molecule has 1 heterocycles. The summed E-state index contributed by atoms with van der Waals surface area (Å²) in [5.41, 5.74) is -6.24. The molecule has 5 rings (SSSR count). The summed E-state index contributed by atoms with van der Waals surface area (Å²) >= 11 is 0. The van der Waals surface area contributed by atoms with Crippen molar-refractivity contribution in [3.8, 4) is 0 Å². The summed E-state index contributed by atoms with van der Waals surface area (Å²) in [6.45, 7) is 7.29. The highest BCUT2D eigenvalue weighted by molar-refractivity contribution is 5.94. The van der Waals surface area contributed by atoms with Gasteiger partial charge in [-0.2, -0.15) is 0 Å². The Balaban J connectivity index is 1.81. The van der Waals surface area contributed by atoms with E-state index in [2.05, 4.69) is 0 Å². The SMILES string of the molecule is CC(=O)O[C@@]12CO[C@@H]1C[C@H](O)C1(C)C(=O)[C@H](O)C3=C(C)[C@@H](O)C[C@@](O)([C@@H](OC(=O)c4ccccc4)[C@@H]12)C3(C)C. The van der Waals surface area contributed by atoms with Crippen molar-refractivity contribution in [1.82, 2.24) is 0 Å². The fourth-order valence-electron chi connectivity index (χ4n) is 7.66. The molecule has 4 aliphatic rings. The summed E-state index contributed by atoms with van der Waals surface area (Å²) in [6.07, 6.45) is -7.26. The van der Waals surface area contributed by atoms with E-state index in [1.54, 1.807) is 39.0 Å². The molecule has 9 atom stereocenters. The van der Waals surface area contributed by atoms with Crippen molar-refractivity contribution in [3.05, 3.63) is 47.0 Å². The van der Waals surface area contributed by atoms with Gasteiger partial charge in [-0.05, 0) is 37.1 Å². The number of ether oxygens (including phenoxy) is 3. The van der Waals surface area contributed by atoms with Gasteiger partial charge in [0.05, 0.1) is 35.7 Å². The third kappa shape index (κ3) is 3.62. The maximum absolute atomic E-state index is 14.3. The second kappa shape index (κ2) is 8.94. The molecule has 3 fully saturated rings. The molecule has 2 saturated carbocycles. The lowest BCUT2D eigenvalue weighted by atomic mass is 9.44. The van der Waals surface area contributed by atoms with Crippen molar-refractivity contribution >= 4 is 17.7 Å². The van der Waals surface area contributed by atoms with E-state index in [1.807, 2.05) is 0 Å². The van der Waals surface area contributed by atoms with Crippen LogP contribution >= 0.6 is 0 Å². The standard InChI is InChI=1S/C29H36O10/c1-14-17(31)12-29(36)24(38-25(35)16-9-7-6-8-10-16)22-27(5,23(34)21(33)20(14)26(29,3)4)18(32)11-19-28(22,13-37-19)39-15(2)30/h6-10,17-19,21-22,24,31-33,36H,11-13H2,1-5H3/t17-,18-,19+,21+,22-,24-,27?,28-,29+/m0/s1. The fraction of sp³-hybridized carbons (Fsp3) is 0.621. The number of benzene rings is 1. The Morgan fingerprint density at radius 3 is 2.28 bits per heavy atom. The molecule has 1 aliphatic heterocycles. The maximum atomic E-state index is 14.3. The first-order valence-electron chi connectivity index (χ1n) is 13.2. The van der Waals surface area contributed by atoms with Crippen LogP contribution in [0.2, 0.25) is 0 Å². The minimum atomic E-state index is -2.07. The van der Waals surface area contributed by atoms with Crippen molar-refractivity contribution in [2.24, 2.45) is 16.7 Å². The average Bonchev–Trinajstić information content (AvgIpc) is 2.87. The van der Waals surface area contributed by atoms with E-state index in [4.69, 9.17) is 14.2 Å². The number of rotatable bonds is 3. The zero-order chi connectivity index (χ0) is 28.7. The maximum Gasteiger partial charge on any atom is 0.338 e. The molecule has 3 aliphatic carbocycles. The first-order chi connectivity index (χ1) is 18.1. The highest BCUT2D eigenvalue weighted by Crippen LogP contribution is 2.63. The van der Waals surface area contributed by atoms with Crippen molar-refractivity contribution in [2.75, 3.05) is 6.61 Å². The largest absolute Gasteiger partial charge is 0.455 e. The predicted molar refractivity (Wildman–Crippen MR) is 135 cm³/mol. The average molecular weight is 545 g/mol. The number of fused-ring (bicyclic) bond motifs is 5. The molecule has 1 aromatic carbocycles. The summed E-state index contributed by atoms with van der Waals surface area (Å²) in [6, 6.07) is 8.08. The first kappa shape index (κ1) is 27.9. The van der Waals surface area contributed by atoms with Gasteiger partial charge in [-0.1, -0.05) is 32.0 Å². The van der Waals surface area contributed by atoms with Crippen LogP contribution in [0.3, 0.4) is 0 Å². The number of hydrogen-bond donors (Lipinski definition) is 4. The third-order valence-electron chi connectivity index (χ3n) is 9.95. The summed E-state index contributed by atoms with van der Waals surface area (Å²) in [5, 5.41) is 46.7. The molecule has 2 bridgehead atoms. The van der Waals surface area contributed by atoms with Crippen LogP contribution in [0.5, 0.6) is 0 Å². The van der Waals surface area contributed by atoms with Gasteiger partial charge >= 0.3 is 11.9 Å². The molecule has 10 heteroatoms. The number of hydrogen-bond acceptors (Lipinski definition) is 10. The Morgan fingerprint density at radius 2 is 1.72 bits per heavy atom. The molecule has 0 amide bonds. The number of ketones is 1. The molecule has 4 N–H and O–H groups in total. The van der Waals surface area contributed by atoms with Gasteiger partial charge in [0.15, 0.2) is 11.4 Å². The molecule has 0 aromatic heterocycles. The van der Waals surface area contributed by atoms with Gasteiger partial charge in [-0.25, -0.2) is 4.79 Å². The molecular weight excluding hydrogens is 508 g/mol. The van der Waals surface area contributed by atoms with Crippen molar-refractivity contribution in [2.45, 2.75) is 89.2 Å². The molecule has 1 saturated heterocycles. The van der Waals surface area contributed by atoms with Crippen LogP contribution in [0.1, 0.15) is 57.8 Å². The van der Waals surface area contributed by atoms with Crippen molar-refractivity contribution < 1.29 is 49.0 Å². The van der Waals surface area contributed by atoms with Crippen molar-refractivity contribution in [3.63, 3.8) is 0 Å². The molecule has 10 nitrogen and oxygen atoms in total. The van der Waals surface area contributed by atoms with E-state index in [0.29, 0.717) is 5.57 Å². The lowest BCUT2D eigenvalue weighted by molar-refractivity contribution is -0.345. The molecular formula is C29H36O10. The minimum absolute atomic E-state index is 0.0828. The van der Waals surface area contributed by atoms with E-state index in [-0.39, 0.29) is 30.6 Å². The lowest BCUT2D eigenvalue weighted by Crippen LogP contribution is -2.81. The van der Waals surface area contributed by atoms with Gasteiger partial charge in [0.1, 0.15) is 23.9 Å². The summed E-state index contributed by atoms with van der Waals surface area (Å²) in [4.78, 5) is 40.3. The van der Waals surface area contributed by atoms with Crippen molar-refractivity contribution in [1.29, 1.82) is 0 Å². The zero-order valence-corrected chi connectivity index (χ0v) is 22.7. The highest BCUT2D eigenvalue weighted by atomic mass is 16.6. The third-order valence-corrected chi connectivity index (χ3v) is 9.95. The van der Waals surface area contributed by atoms with E-state index in [0.717, 1.165) is 0 Å². The summed E-state index contributed by atoms with van der Waals surface area (Å²) in [5.74, 6) is -3.60. The van der Waals surface area contributed by atoms with E-state index >= 15 is 0 Å². The van der Waals surface area contributed by atoms with Gasteiger partial charge in [0.25, 0.3) is 0 Å². The number of carbonyl (C=O) groups is 3. The molecule has 0 spiro atoms. The van der Waals surface area contributed by atoms with Gasteiger partial charge in [0.2, 0.25) is 0 Å². The molecule has 212 valence electrons. The minimum Gasteiger partial charge on any atom is -0.455 e. The zero-order valence-electron chi connectivity index (χ0n) is 22.7. The Bertz CT molecular complexity index is 1240. The Labute approximate surface area is 226 Å². The molecule has 0 radical (unpaired) electrons. The normalized spacial score (nSPS) is 42.7. The Kier molecular flexibility index (Phi) is 6.40. The predicted octanol–water partition coefficient (Wildman–Crippen LogP) is 1.08. The quantitative estimate of drug-likeness (QED) is 0.320. The second-order valence-corrected chi connectivity index (χ2v) is 12.2. The van der Waals surface area contributed by atoms with Gasteiger partial charge in [0, 0.05) is 25.2 Å². The molecule has 1 aromatic rings. The topological polar surface area (TPSA) is 160 Å². The van der Waals surface area contributed by atoms with Crippen LogP contribution in [0.15, 0.2) is 41.5 Å². The van der Waals surface area contributed by atoms with Crippen LogP contribution in [-0.2, 0) is 23.8 Å². The van der Waals surface area contributed by atoms with Crippen LogP contribution in [0.25, 0.3) is 0 Å². The van der Waals surface area contributed by atoms with Crippen LogP contribution in [0, 0.1) is 16.7 Å². The van der Waals surface area contributed by atoms with E-state index in [9.17, 15) is 34.8 Å². The Morgan fingerprint density at radius 1 is 1.08 bits per heavy atom. The summed E-state index contributed by atoms with van der Waals surface area (Å²) in [7, 11) is 0. The van der Waals surface area contributed by atoms with Crippen LogP contribution < -0.4 is 0 Å². The number of esters is 2. The van der Waals surface area contributed by atoms with Crippen LogP contribution in [-0.4, -0.2) is 86.5 Å². The second-order valence-electron chi connectivity index (χ2n) is 12.2. The number of carbonyl (C=O) groups excluding carboxylic acids is 3. The van der Waals surface area contributed by atoms with E-state index < -0.39 is 76.2 Å². The number of aliphatic hydroxyl groups excluding tert-OH is 3. The van der Waals surface area contributed by atoms with E-state index in [1.165, 1.54) is 26.0 Å².